The summed E-state index contributed by atoms with van der Waals surface area (Å²) in [5.74, 6) is 0.597. The molecule has 1 unspecified atom stereocenters. The van der Waals surface area contributed by atoms with Crippen LogP contribution in [-0.4, -0.2) is 31.0 Å². The number of benzene rings is 1. The van der Waals surface area contributed by atoms with Gasteiger partial charge in [0.05, 0.1) is 23.8 Å². The number of para-hydroxylation sites is 1. The van der Waals surface area contributed by atoms with Crippen LogP contribution in [0, 0.1) is 11.5 Å². The van der Waals surface area contributed by atoms with E-state index in [1.54, 1.807) is 16.2 Å². The third kappa shape index (κ3) is 2.08. The van der Waals surface area contributed by atoms with Gasteiger partial charge >= 0.3 is 0 Å². The molecule has 1 saturated carbocycles. The number of aliphatic imine (C=N–C) groups is 1. The van der Waals surface area contributed by atoms with Gasteiger partial charge in [-0.25, -0.2) is 15.0 Å². The van der Waals surface area contributed by atoms with Crippen LogP contribution < -0.4 is 10.1 Å². The topological polar surface area (TPSA) is 67.4 Å². The number of anilines is 1. The average Bonchev–Trinajstić information content (AvgIpc) is 3.07. The smallest absolute Gasteiger partial charge is 0.253 e. The van der Waals surface area contributed by atoms with E-state index in [9.17, 15) is 4.39 Å². The maximum absolute atomic E-state index is 14.4. The van der Waals surface area contributed by atoms with E-state index in [4.69, 9.17) is 0 Å². The first-order valence-corrected chi connectivity index (χ1v) is 8.99. The van der Waals surface area contributed by atoms with Gasteiger partial charge in [0.25, 0.3) is 6.08 Å². The molecule has 0 bridgehead atoms. The van der Waals surface area contributed by atoms with Crippen LogP contribution in [0.2, 0.25) is 0 Å². The van der Waals surface area contributed by atoms with Crippen molar-refractivity contribution in [3.8, 4) is 5.69 Å². The van der Waals surface area contributed by atoms with E-state index in [0.29, 0.717) is 11.2 Å². The molecule has 2 aromatic heterocycles. The summed E-state index contributed by atoms with van der Waals surface area (Å²) in [5.41, 5.74) is 2.97. The van der Waals surface area contributed by atoms with E-state index >= 15 is 0 Å². The fourth-order valence-corrected chi connectivity index (χ4v) is 3.86. The lowest BCUT2D eigenvalue weighted by Gasteiger charge is -2.36. The van der Waals surface area contributed by atoms with E-state index in [1.807, 2.05) is 35.5 Å². The van der Waals surface area contributed by atoms with Crippen molar-refractivity contribution < 1.29 is 4.39 Å². The number of hydrogen-bond donors (Lipinski definition) is 0. The highest BCUT2D eigenvalue weighted by Gasteiger charge is 2.41. The normalized spacial score (nSPS) is 21.2. The molecule has 0 spiro atoms. The summed E-state index contributed by atoms with van der Waals surface area (Å²) in [6.07, 6.45) is 7.65. The van der Waals surface area contributed by atoms with Crippen molar-refractivity contribution in [2.45, 2.75) is 32.4 Å². The second-order valence-corrected chi connectivity index (χ2v) is 7.70. The van der Waals surface area contributed by atoms with Crippen molar-refractivity contribution in [2.24, 2.45) is 10.4 Å². The summed E-state index contributed by atoms with van der Waals surface area (Å²) in [5, 5.41) is 12.2. The van der Waals surface area contributed by atoms with Gasteiger partial charge in [-0.1, -0.05) is 25.1 Å². The second-order valence-electron chi connectivity index (χ2n) is 7.70. The molecule has 27 heavy (non-hydrogen) atoms. The van der Waals surface area contributed by atoms with Crippen LogP contribution in [0.4, 0.5) is 10.2 Å². The van der Waals surface area contributed by atoms with Crippen molar-refractivity contribution in [1.29, 1.82) is 0 Å². The molecule has 0 amide bonds. The summed E-state index contributed by atoms with van der Waals surface area (Å²) in [4.78, 5) is 10.2. The van der Waals surface area contributed by atoms with Gasteiger partial charge in [-0.3, -0.25) is 4.57 Å². The van der Waals surface area contributed by atoms with E-state index in [0.717, 1.165) is 23.4 Å². The Labute approximate surface area is 154 Å². The number of imidazole rings is 1. The molecule has 1 atom stereocenters. The average molecular weight is 364 g/mol. The first-order valence-electron chi connectivity index (χ1n) is 8.99. The monoisotopic (exact) mass is 364 g/mol. The zero-order valence-electron chi connectivity index (χ0n) is 14.7. The molecular formula is C18H17FN8. The van der Waals surface area contributed by atoms with Crippen LogP contribution in [0.1, 0.15) is 37.2 Å². The first kappa shape index (κ1) is 14.9. The fraction of sp³-hybridized carbons (Fsp3) is 0.333. The molecule has 3 aliphatic rings. The maximum Gasteiger partial charge on any atom is 0.295 e. The zero-order valence-corrected chi connectivity index (χ0v) is 14.7. The minimum absolute atomic E-state index is 0.293. The van der Waals surface area contributed by atoms with Crippen LogP contribution in [0.15, 0.2) is 41.7 Å². The quantitative estimate of drug-likeness (QED) is 0.714. The summed E-state index contributed by atoms with van der Waals surface area (Å²) < 4.78 is 15.9. The third-order valence-corrected chi connectivity index (χ3v) is 5.60. The summed E-state index contributed by atoms with van der Waals surface area (Å²) in [6, 6.07) is 7.65. The number of hydrogen-bond acceptors (Lipinski definition) is 6. The Morgan fingerprint density at radius 1 is 1.26 bits per heavy atom. The van der Waals surface area contributed by atoms with E-state index in [2.05, 4.69) is 27.2 Å². The lowest BCUT2D eigenvalue weighted by molar-refractivity contribution is 0.495. The molecule has 1 aliphatic carbocycles. The molecule has 136 valence electrons. The Balaban J connectivity index is 1.42. The van der Waals surface area contributed by atoms with Crippen LogP contribution in [0.3, 0.4) is 0 Å². The Hall–Kier alpha value is -3.23. The molecule has 0 N–H and O–H groups in total. The van der Waals surface area contributed by atoms with Gasteiger partial charge in [-0.2, -0.15) is 9.51 Å². The Bertz CT molecular complexity index is 1080. The van der Waals surface area contributed by atoms with Gasteiger partial charge in [0.1, 0.15) is 6.34 Å². The van der Waals surface area contributed by atoms with Crippen LogP contribution in [-0.2, 0) is 6.42 Å². The molecule has 2 aliphatic heterocycles. The molecule has 8 nitrogen and oxygen atoms in total. The second kappa shape index (κ2) is 4.93. The van der Waals surface area contributed by atoms with Gasteiger partial charge in [0.15, 0.2) is 12.0 Å². The van der Waals surface area contributed by atoms with Gasteiger partial charge < -0.3 is 0 Å². The molecule has 6 rings (SSSR count). The zero-order chi connectivity index (χ0) is 18.2. The largest absolute Gasteiger partial charge is 0.295 e. The predicted molar refractivity (Wildman–Crippen MR) is 96.5 cm³/mol. The highest BCUT2D eigenvalue weighted by molar-refractivity contribution is 5.78. The molecule has 1 aromatic carbocycles. The highest BCUT2D eigenvalue weighted by atomic mass is 19.1. The Kier molecular flexibility index (Phi) is 2.72. The van der Waals surface area contributed by atoms with Crippen LogP contribution in [0.25, 0.3) is 5.69 Å². The molecule has 4 heterocycles. The van der Waals surface area contributed by atoms with Crippen molar-refractivity contribution in [2.75, 3.05) is 10.1 Å². The fourth-order valence-electron chi connectivity index (χ4n) is 3.86. The molecule has 9 heteroatoms. The van der Waals surface area contributed by atoms with Crippen molar-refractivity contribution in [1.82, 2.24) is 24.7 Å². The summed E-state index contributed by atoms with van der Waals surface area (Å²) in [6.45, 7) is 2.27. The van der Waals surface area contributed by atoms with Crippen molar-refractivity contribution in [3.63, 3.8) is 0 Å². The van der Waals surface area contributed by atoms with Gasteiger partial charge in [0.2, 0.25) is 0 Å². The first-order chi connectivity index (χ1) is 13.1. The lowest BCUT2D eigenvalue weighted by atomic mass is 10.0. The van der Waals surface area contributed by atoms with Gasteiger partial charge in [-0.05, 0) is 36.0 Å². The van der Waals surface area contributed by atoms with E-state index < -0.39 is 6.08 Å². The number of rotatable bonds is 3. The Morgan fingerprint density at radius 3 is 2.96 bits per heavy atom. The van der Waals surface area contributed by atoms with E-state index in [-0.39, 0.29) is 6.17 Å². The van der Waals surface area contributed by atoms with Gasteiger partial charge in [-0.15, -0.1) is 9.89 Å². The number of nitrogens with zero attached hydrogens (tertiary/aromatic N) is 8. The predicted octanol–water partition coefficient (Wildman–Crippen LogP) is 2.36. The summed E-state index contributed by atoms with van der Waals surface area (Å²) in [7, 11) is 0. The molecule has 0 radical (unpaired) electrons. The third-order valence-electron chi connectivity index (χ3n) is 5.60. The molecule has 1 fully saturated rings. The van der Waals surface area contributed by atoms with Crippen LogP contribution >= 0.6 is 0 Å². The minimum Gasteiger partial charge on any atom is -0.253 e. The molecular weight excluding hydrogens is 347 g/mol. The van der Waals surface area contributed by atoms with Crippen molar-refractivity contribution in [3.05, 3.63) is 54.0 Å². The highest BCUT2D eigenvalue weighted by Crippen LogP contribution is 2.47. The number of hydrazine groups is 1. The SMILES string of the molecule is CC1(Cc2cn(N3C=NC4c5ccccc5-n5c(cnc5F)N43)nn2)CC1. The minimum atomic E-state index is -0.552. The number of aromatic nitrogens is 5. The standard InChI is InChI=1S/C18H17FN8/c1-18(6-7-18)8-12-10-24(23-22-12)25-11-21-16-13-4-2-3-5-14(13)26-15(27(16)25)9-20-17(26)19/h2-5,9-11,16H,6-8H2,1H3. The van der Waals surface area contributed by atoms with Crippen LogP contribution in [0.5, 0.6) is 0 Å². The number of halogens is 1. The number of fused-ring (bicyclic) bond motifs is 6. The Morgan fingerprint density at radius 2 is 2.11 bits per heavy atom. The summed E-state index contributed by atoms with van der Waals surface area (Å²) >= 11 is 0. The van der Waals surface area contributed by atoms with Crippen molar-refractivity contribution >= 4 is 12.2 Å². The maximum atomic E-state index is 14.4. The van der Waals surface area contributed by atoms with Gasteiger partial charge in [0, 0.05) is 5.56 Å². The molecule has 0 saturated heterocycles. The van der Waals surface area contributed by atoms with E-state index in [1.165, 1.54) is 23.6 Å². The lowest BCUT2D eigenvalue weighted by Crippen LogP contribution is -2.49. The molecule has 3 aromatic rings.